The second-order valence-electron chi connectivity index (χ2n) is 5.51. The van der Waals surface area contributed by atoms with Crippen molar-refractivity contribution < 1.29 is 14.7 Å². The van der Waals surface area contributed by atoms with Crippen molar-refractivity contribution in [3.63, 3.8) is 0 Å². The highest BCUT2D eigenvalue weighted by atomic mass is 16.3. The summed E-state index contributed by atoms with van der Waals surface area (Å²) in [6.07, 6.45) is -1.15. The summed E-state index contributed by atoms with van der Waals surface area (Å²) in [7, 11) is 0. The van der Waals surface area contributed by atoms with Gasteiger partial charge in [-0.25, -0.2) is 0 Å². The molecular formula is C15H22N2O3. The number of aliphatic hydroxyl groups is 1. The van der Waals surface area contributed by atoms with E-state index in [2.05, 4.69) is 10.6 Å². The first-order valence-corrected chi connectivity index (χ1v) is 6.53. The van der Waals surface area contributed by atoms with Crippen LogP contribution in [-0.4, -0.2) is 28.6 Å². The van der Waals surface area contributed by atoms with E-state index in [4.69, 9.17) is 0 Å². The number of aryl methyl sites for hydroxylation is 2. The van der Waals surface area contributed by atoms with E-state index >= 15 is 0 Å². The lowest BCUT2D eigenvalue weighted by atomic mass is 10.0. The zero-order valence-corrected chi connectivity index (χ0v) is 12.6. The predicted molar refractivity (Wildman–Crippen MR) is 78.4 cm³/mol. The van der Waals surface area contributed by atoms with E-state index in [0.29, 0.717) is 0 Å². The van der Waals surface area contributed by atoms with Gasteiger partial charge in [0.2, 0.25) is 11.8 Å². The number of hydrogen-bond acceptors (Lipinski definition) is 3. The Hall–Kier alpha value is -1.88. The van der Waals surface area contributed by atoms with Crippen molar-refractivity contribution in [3.05, 3.63) is 29.3 Å². The molecule has 20 heavy (non-hydrogen) atoms. The molecule has 110 valence electrons. The molecule has 0 saturated heterocycles. The van der Waals surface area contributed by atoms with Crippen LogP contribution in [0.25, 0.3) is 0 Å². The molecule has 0 bridgehead atoms. The minimum Gasteiger partial charge on any atom is -0.384 e. The summed E-state index contributed by atoms with van der Waals surface area (Å²) in [4.78, 5) is 23.8. The molecule has 0 spiro atoms. The SMILES string of the molecule is Cc1cccc(C)c1NC(=O)C(C)(C)NC(=O)C(C)O. The van der Waals surface area contributed by atoms with Crippen LogP contribution in [0.2, 0.25) is 0 Å². The predicted octanol–water partition coefficient (Wildman–Crippen LogP) is 1.52. The highest BCUT2D eigenvalue weighted by Gasteiger charge is 2.31. The minimum absolute atomic E-state index is 0.330. The standard InChI is InChI=1S/C15H22N2O3/c1-9-7-6-8-10(2)12(9)16-14(20)15(4,5)17-13(19)11(3)18/h6-8,11,18H,1-5H3,(H,16,20)(H,17,19). The number of nitrogens with one attached hydrogen (secondary N) is 2. The topological polar surface area (TPSA) is 78.4 Å². The van der Waals surface area contributed by atoms with Crippen LogP contribution >= 0.6 is 0 Å². The third kappa shape index (κ3) is 3.81. The number of rotatable bonds is 4. The third-order valence-electron chi connectivity index (χ3n) is 3.10. The lowest BCUT2D eigenvalue weighted by Crippen LogP contribution is -2.54. The number of carbonyl (C=O) groups excluding carboxylic acids is 2. The van der Waals surface area contributed by atoms with Gasteiger partial charge in [0.25, 0.3) is 0 Å². The van der Waals surface area contributed by atoms with Crippen LogP contribution < -0.4 is 10.6 Å². The Bertz CT molecular complexity index is 502. The molecule has 1 rings (SSSR count). The first-order valence-electron chi connectivity index (χ1n) is 6.53. The number of benzene rings is 1. The Labute approximate surface area is 119 Å². The van der Waals surface area contributed by atoms with Crippen molar-refractivity contribution in [2.45, 2.75) is 46.3 Å². The van der Waals surface area contributed by atoms with E-state index in [1.807, 2.05) is 32.0 Å². The number of hydrogen-bond donors (Lipinski definition) is 3. The van der Waals surface area contributed by atoms with Crippen molar-refractivity contribution in [3.8, 4) is 0 Å². The summed E-state index contributed by atoms with van der Waals surface area (Å²) in [6.45, 7) is 8.36. The molecule has 0 fully saturated rings. The van der Waals surface area contributed by atoms with Gasteiger partial charge in [0.05, 0.1) is 0 Å². The zero-order valence-electron chi connectivity index (χ0n) is 12.6. The fourth-order valence-corrected chi connectivity index (χ4v) is 1.75. The maximum atomic E-state index is 12.3. The monoisotopic (exact) mass is 278 g/mol. The maximum absolute atomic E-state index is 12.3. The highest BCUT2D eigenvalue weighted by Crippen LogP contribution is 2.20. The zero-order chi connectivity index (χ0) is 15.5. The maximum Gasteiger partial charge on any atom is 0.249 e. The summed E-state index contributed by atoms with van der Waals surface area (Å²) in [5.41, 5.74) is 1.55. The molecule has 5 heteroatoms. The van der Waals surface area contributed by atoms with Gasteiger partial charge in [0.15, 0.2) is 0 Å². The normalized spacial score (nSPS) is 12.7. The Balaban J connectivity index is 2.87. The van der Waals surface area contributed by atoms with Gasteiger partial charge in [-0.05, 0) is 45.7 Å². The molecule has 1 atom stereocenters. The number of para-hydroxylation sites is 1. The lowest BCUT2D eigenvalue weighted by Gasteiger charge is -2.26. The molecule has 0 saturated carbocycles. The second kappa shape index (κ2) is 6.05. The first-order chi connectivity index (χ1) is 9.15. The van der Waals surface area contributed by atoms with Crippen LogP contribution in [0.5, 0.6) is 0 Å². The van der Waals surface area contributed by atoms with Crippen LogP contribution in [-0.2, 0) is 9.59 Å². The number of carbonyl (C=O) groups is 2. The van der Waals surface area contributed by atoms with Crippen LogP contribution in [0.4, 0.5) is 5.69 Å². The number of anilines is 1. The van der Waals surface area contributed by atoms with Gasteiger partial charge >= 0.3 is 0 Å². The average molecular weight is 278 g/mol. The van der Waals surface area contributed by atoms with Crippen molar-refractivity contribution in [1.29, 1.82) is 0 Å². The third-order valence-corrected chi connectivity index (χ3v) is 3.10. The molecule has 5 nitrogen and oxygen atoms in total. The number of amides is 2. The molecule has 0 aromatic heterocycles. The van der Waals surface area contributed by atoms with Gasteiger partial charge in [0.1, 0.15) is 11.6 Å². The molecule has 0 aliphatic carbocycles. The summed E-state index contributed by atoms with van der Waals surface area (Å²) in [5.74, 6) is -0.907. The smallest absolute Gasteiger partial charge is 0.249 e. The van der Waals surface area contributed by atoms with Crippen LogP contribution in [0.3, 0.4) is 0 Å². The summed E-state index contributed by atoms with van der Waals surface area (Å²) in [6, 6.07) is 5.73. The molecule has 1 unspecified atom stereocenters. The van der Waals surface area contributed by atoms with E-state index in [0.717, 1.165) is 16.8 Å². The molecular weight excluding hydrogens is 256 g/mol. The van der Waals surface area contributed by atoms with Gasteiger partial charge in [-0.2, -0.15) is 0 Å². The van der Waals surface area contributed by atoms with E-state index in [-0.39, 0.29) is 5.91 Å². The molecule has 3 N–H and O–H groups in total. The largest absolute Gasteiger partial charge is 0.384 e. The van der Waals surface area contributed by atoms with E-state index in [1.165, 1.54) is 6.92 Å². The van der Waals surface area contributed by atoms with E-state index in [9.17, 15) is 14.7 Å². The first kappa shape index (κ1) is 16.2. The second-order valence-corrected chi connectivity index (χ2v) is 5.51. The van der Waals surface area contributed by atoms with Gasteiger partial charge in [-0.15, -0.1) is 0 Å². The molecule has 0 heterocycles. The van der Waals surface area contributed by atoms with Gasteiger partial charge in [-0.1, -0.05) is 18.2 Å². The van der Waals surface area contributed by atoms with Crippen LogP contribution in [0.1, 0.15) is 31.9 Å². The molecule has 0 aliphatic rings. The Morgan fingerprint density at radius 2 is 1.70 bits per heavy atom. The number of aliphatic hydroxyl groups excluding tert-OH is 1. The van der Waals surface area contributed by atoms with Gasteiger partial charge in [-0.3, -0.25) is 9.59 Å². The minimum atomic E-state index is -1.15. The summed E-state index contributed by atoms with van der Waals surface area (Å²) < 4.78 is 0. The Morgan fingerprint density at radius 3 is 2.15 bits per heavy atom. The average Bonchev–Trinajstić information content (AvgIpc) is 2.33. The highest BCUT2D eigenvalue weighted by molar-refractivity contribution is 6.01. The van der Waals surface area contributed by atoms with Crippen molar-refractivity contribution in [2.75, 3.05) is 5.32 Å². The Kier molecular flexibility index (Phi) is 4.89. The quantitative estimate of drug-likeness (QED) is 0.781. The van der Waals surface area contributed by atoms with Crippen molar-refractivity contribution in [1.82, 2.24) is 5.32 Å². The van der Waals surface area contributed by atoms with Gasteiger partial charge in [0, 0.05) is 5.69 Å². The summed E-state index contributed by atoms with van der Waals surface area (Å²) >= 11 is 0. The molecule has 2 amide bonds. The molecule has 1 aromatic rings. The fraction of sp³-hybridized carbons (Fsp3) is 0.467. The van der Waals surface area contributed by atoms with Crippen molar-refractivity contribution in [2.24, 2.45) is 0 Å². The van der Waals surface area contributed by atoms with E-state index in [1.54, 1.807) is 13.8 Å². The molecule has 0 aliphatic heterocycles. The van der Waals surface area contributed by atoms with Crippen molar-refractivity contribution >= 4 is 17.5 Å². The van der Waals surface area contributed by atoms with Crippen LogP contribution in [0, 0.1) is 13.8 Å². The van der Waals surface area contributed by atoms with E-state index < -0.39 is 17.6 Å². The fourth-order valence-electron chi connectivity index (χ4n) is 1.75. The molecule has 1 aromatic carbocycles. The lowest BCUT2D eigenvalue weighted by molar-refractivity contribution is -0.134. The van der Waals surface area contributed by atoms with Crippen LogP contribution in [0.15, 0.2) is 18.2 Å². The van der Waals surface area contributed by atoms with Gasteiger partial charge < -0.3 is 15.7 Å². The Morgan fingerprint density at radius 1 is 1.20 bits per heavy atom. The molecule has 0 radical (unpaired) electrons. The summed E-state index contributed by atoms with van der Waals surface area (Å²) in [5, 5.41) is 14.5.